The summed E-state index contributed by atoms with van der Waals surface area (Å²) in [6.45, 7) is 3.91. The van der Waals surface area contributed by atoms with Crippen LogP contribution >= 0.6 is 0 Å². The molecule has 0 amide bonds. The molecule has 2 heteroatoms. The summed E-state index contributed by atoms with van der Waals surface area (Å²) >= 11 is 0. The zero-order valence-electron chi connectivity index (χ0n) is 19.1. The fourth-order valence-electron chi connectivity index (χ4n) is 3.99. The fourth-order valence-corrected chi connectivity index (χ4v) is 3.99. The van der Waals surface area contributed by atoms with Crippen molar-refractivity contribution in [1.29, 1.82) is 0 Å². The van der Waals surface area contributed by atoms with Crippen LogP contribution in [0.15, 0.2) is 115 Å². The Balaban J connectivity index is 1.48. The highest BCUT2D eigenvalue weighted by molar-refractivity contribution is 5.98. The number of hydrogen-bond acceptors (Lipinski definition) is 2. The van der Waals surface area contributed by atoms with E-state index in [2.05, 4.69) is 91.9 Å². The number of hydrogen-bond donors (Lipinski definition) is 0. The Hall–Kier alpha value is -3.62. The first-order chi connectivity index (χ1) is 16.3. The van der Waals surface area contributed by atoms with Crippen LogP contribution in [0.2, 0.25) is 0 Å². The second kappa shape index (κ2) is 11.8. The SMILES string of the molecule is CC/C(=C(\c1ccccc1)c1ccc(OCCOCc2ccccc2)cc1)c1ccccc1. The number of ether oxygens (including phenoxy) is 2. The average Bonchev–Trinajstić information content (AvgIpc) is 2.89. The zero-order chi connectivity index (χ0) is 22.7. The van der Waals surface area contributed by atoms with Crippen LogP contribution in [0.5, 0.6) is 5.75 Å². The Morgan fingerprint density at radius 1 is 0.576 bits per heavy atom. The van der Waals surface area contributed by atoms with Gasteiger partial charge in [0.25, 0.3) is 0 Å². The Labute approximate surface area is 197 Å². The largest absolute Gasteiger partial charge is 0.491 e. The Kier molecular flexibility index (Phi) is 8.10. The molecule has 0 unspecified atom stereocenters. The van der Waals surface area contributed by atoms with E-state index in [1.807, 2.05) is 30.3 Å². The van der Waals surface area contributed by atoms with Gasteiger partial charge in [-0.05, 0) is 52.0 Å². The molecule has 2 nitrogen and oxygen atoms in total. The van der Waals surface area contributed by atoms with Gasteiger partial charge in [0.2, 0.25) is 0 Å². The van der Waals surface area contributed by atoms with Gasteiger partial charge >= 0.3 is 0 Å². The summed E-state index contributed by atoms with van der Waals surface area (Å²) in [5, 5.41) is 0. The van der Waals surface area contributed by atoms with Crippen LogP contribution in [0.4, 0.5) is 0 Å². The molecule has 0 atom stereocenters. The van der Waals surface area contributed by atoms with Crippen molar-refractivity contribution in [2.45, 2.75) is 20.0 Å². The van der Waals surface area contributed by atoms with Crippen molar-refractivity contribution in [1.82, 2.24) is 0 Å². The van der Waals surface area contributed by atoms with Crippen LogP contribution < -0.4 is 4.74 Å². The number of allylic oxidation sites excluding steroid dienone is 1. The third-order valence-corrected chi connectivity index (χ3v) is 5.59. The summed E-state index contributed by atoms with van der Waals surface area (Å²) in [6.07, 6.45) is 0.950. The molecule has 0 bridgehead atoms. The summed E-state index contributed by atoms with van der Waals surface area (Å²) in [6, 6.07) is 39.9. The monoisotopic (exact) mass is 434 g/mol. The summed E-state index contributed by atoms with van der Waals surface area (Å²) in [4.78, 5) is 0. The molecule has 0 aliphatic heterocycles. The van der Waals surface area contributed by atoms with E-state index in [1.54, 1.807) is 0 Å². The van der Waals surface area contributed by atoms with Crippen LogP contribution in [0.3, 0.4) is 0 Å². The van der Waals surface area contributed by atoms with Crippen LogP contribution in [0.1, 0.15) is 35.6 Å². The lowest BCUT2D eigenvalue weighted by atomic mass is 9.88. The standard InChI is InChI=1S/C31H30O2/c1-2-30(26-14-8-4-9-15-26)31(27-16-10-5-11-17-27)28-18-20-29(21-19-28)33-23-22-32-24-25-12-6-3-7-13-25/h3-21H,2,22-24H2,1H3/b31-30-. The molecule has 4 rings (SSSR count). The minimum atomic E-state index is 0.526. The fraction of sp³-hybridized carbons (Fsp3) is 0.161. The maximum atomic E-state index is 5.91. The van der Waals surface area contributed by atoms with Crippen molar-refractivity contribution in [2.24, 2.45) is 0 Å². The molecule has 33 heavy (non-hydrogen) atoms. The lowest BCUT2D eigenvalue weighted by Crippen LogP contribution is -2.06. The first-order valence-electron chi connectivity index (χ1n) is 11.5. The molecule has 0 aliphatic carbocycles. The van der Waals surface area contributed by atoms with Crippen molar-refractivity contribution < 1.29 is 9.47 Å². The van der Waals surface area contributed by atoms with Crippen molar-refractivity contribution in [3.8, 4) is 5.75 Å². The summed E-state index contributed by atoms with van der Waals surface area (Å²) in [5.41, 5.74) is 7.45. The predicted octanol–water partition coefficient (Wildman–Crippen LogP) is 7.65. The van der Waals surface area contributed by atoms with E-state index in [9.17, 15) is 0 Å². The second-order valence-corrected chi connectivity index (χ2v) is 7.85. The molecule has 166 valence electrons. The number of benzene rings is 4. The minimum absolute atomic E-state index is 0.526. The third kappa shape index (κ3) is 6.21. The number of rotatable bonds is 10. The van der Waals surface area contributed by atoms with E-state index in [-0.39, 0.29) is 0 Å². The highest BCUT2D eigenvalue weighted by Crippen LogP contribution is 2.34. The maximum Gasteiger partial charge on any atom is 0.119 e. The van der Waals surface area contributed by atoms with Gasteiger partial charge in [-0.1, -0.05) is 110 Å². The minimum Gasteiger partial charge on any atom is -0.491 e. The highest BCUT2D eigenvalue weighted by Gasteiger charge is 2.13. The summed E-state index contributed by atoms with van der Waals surface area (Å²) in [5.74, 6) is 0.854. The first kappa shape index (κ1) is 22.6. The molecule has 0 spiro atoms. The van der Waals surface area contributed by atoms with E-state index >= 15 is 0 Å². The molecule has 0 heterocycles. The van der Waals surface area contributed by atoms with E-state index < -0.39 is 0 Å². The second-order valence-electron chi connectivity index (χ2n) is 7.85. The van der Waals surface area contributed by atoms with Crippen molar-refractivity contribution in [2.75, 3.05) is 13.2 Å². The van der Waals surface area contributed by atoms with Gasteiger partial charge in [0.15, 0.2) is 0 Å². The van der Waals surface area contributed by atoms with E-state index in [0.717, 1.165) is 12.2 Å². The normalized spacial score (nSPS) is 11.7. The van der Waals surface area contributed by atoms with Crippen LogP contribution in [0.25, 0.3) is 11.1 Å². The molecule has 0 aromatic heterocycles. The molecule has 0 saturated carbocycles. The van der Waals surface area contributed by atoms with Gasteiger partial charge in [0.1, 0.15) is 12.4 Å². The Morgan fingerprint density at radius 3 is 1.73 bits per heavy atom. The van der Waals surface area contributed by atoms with Gasteiger partial charge in [-0.25, -0.2) is 0 Å². The zero-order valence-corrected chi connectivity index (χ0v) is 19.1. The van der Waals surface area contributed by atoms with E-state index in [4.69, 9.17) is 9.47 Å². The molecule has 0 saturated heterocycles. The molecule has 0 fully saturated rings. The average molecular weight is 435 g/mol. The van der Waals surface area contributed by atoms with Crippen molar-refractivity contribution in [3.05, 3.63) is 138 Å². The third-order valence-electron chi connectivity index (χ3n) is 5.59. The van der Waals surface area contributed by atoms with Gasteiger partial charge in [0, 0.05) is 0 Å². The topological polar surface area (TPSA) is 18.5 Å². The molecule has 0 aliphatic rings. The first-order valence-corrected chi connectivity index (χ1v) is 11.5. The van der Waals surface area contributed by atoms with E-state index in [0.29, 0.717) is 19.8 Å². The smallest absolute Gasteiger partial charge is 0.119 e. The van der Waals surface area contributed by atoms with Gasteiger partial charge in [-0.3, -0.25) is 0 Å². The van der Waals surface area contributed by atoms with Gasteiger partial charge < -0.3 is 9.47 Å². The maximum absolute atomic E-state index is 5.91. The van der Waals surface area contributed by atoms with E-state index in [1.165, 1.54) is 33.4 Å². The summed E-state index contributed by atoms with van der Waals surface area (Å²) in [7, 11) is 0. The lowest BCUT2D eigenvalue weighted by Gasteiger charge is -2.17. The summed E-state index contributed by atoms with van der Waals surface area (Å²) < 4.78 is 11.6. The molecule has 0 N–H and O–H groups in total. The molecular weight excluding hydrogens is 404 g/mol. The Bertz CT molecular complexity index is 1130. The van der Waals surface area contributed by atoms with Gasteiger partial charge in [-0.2, -0.15) is 0 Å². The predicted molar refractivity (Wildman–Crippen MR) is 137 cm³/mol. The molecular formula is C31H30O2. The van der Waals surface area contributed by atoms with Crippen molar-refractivity contribution >= 4 is 11.1 Å². The van der Waals surface area contributed by atoms with Gasteiger partial charge in [0.05, 0.1) is 13.2 Å². The van der Waals surface area contributed by atoms with Crippen LogP contribution in [-0.2, 0) is 11.3 Å². The molecule has 4 aromatic rings. The lowest BCUT2D eigenvalue weighted by molar-refractivity contribution is 0.0889. The van der Waals surface area contributed by atoms with Crippen LogP contribution in [0, 0.1) is 0 Å². The molecule has 4 aromatic carbocycles. The quantitative estimate of drug-likeness (QED) is 0.188. The Morgan fingerprint density at radius 2 is 1.12 bits per heavy atom. The highest BCUT2D eigenvalue weighted by atomic mass is 16.5. The van der Waals surface area contributed by atoms with Gasteiger partial charge in [-0.15, -0.1) is 0 Å². The van der Waals surface area contributed by atoms with Crippen LogP contribution in [-0.4, -0.2) is 13.2 Å². The molecule has 0 radical (unpaired) electrons. The van der Waals surface area contributed by atoms with Crippen molar-refractivity contribution in [3.63, 3.8) is 0 Å².